The van der Waals surface area contributed by atoms with Crippen LogP contribution in [-0.2, 0) is 0 Å². The molecule has 4 heteroatoms. The summed E-state index contributed by atoms with van der Waals surface area (Å²) in [5.41, 5.74) is 4.95. The van der Waals surface area contributed by atoms with Crippen LogP contribution in [0.1, 0.15) is 29.3 Å². The summed E-state index contributed by atoms with van der Waals surface area (Å²) in [5, 5.41) is 4.22. The molecule has 0 aliphatic carbocycles. The lowest BCUT2D eigenvalue weighted by Gasteiger charge is -2.06. The fourth-order valence-corrected chi connectivity index (χ4v) is 1.93. The van der Waals surface area contributed by atoms with Crippen molar-refractivity contribution in [2.45, 2.75) is 13.3 Å². The molecule has 108 valence electrons. The first-order chi connectivity index (χ1) is 10.2. The van der Waals surface area contributed by atoms with Crippen LogP contribution in [0.4, 0.5) is 0 Å². The summed E-state index contributed by atoms with van der Waals surface area (Å²) in [4.78, 5) is 12.1. The monoisotopic (exact) mass is 282 g/mol. The third kappa shape index (κ3) is 3.92. The van der Waals surface area contributed by atoms with E-state index in [0.29, 0.717) is 11.3 Å². The van der Waals surface area contributed by atoms with E-state index in [1.807, 2.05) is 37.3 Å². The molecule has 1 amide bonds. The van der Waals surface area contributed by atoms with E-state index in [2.05, 4.69) is 10.5 Å². The summed E-state index contributed by atoms with van der Waals surface area (Å²) in [6.07, 6.45) is 0.738. The molecule has 4 nitrogen and oxygen atoms in total. The maximum absolute atomic E-state index is 12.1. The second-order valence-corrected chi connectivity index (χ2v) is 4.45. The number of carbonyl (C=O) groups excluding carboxylic acids is 1. The van der Waals surface area contributed by atoms with Crippen molar-refractivity contribution in [2.24, 2.45) is 5.10 Å². The molecule has 0 bridgehead atoms. The molecule has 2 aromatic carbocycles. The Morgan fingerprint density at radius 3 is 2.48 bits per heavy atom. The van der Waals surface area contributed by atoms with Crippen LogP contribution in [0.15, 0.2) is 59.7 Å². The predicted octanol–water partition coefficient (Wildman–Crippen LogP) is 3.24. The van der Waals surface area contributed by atoms with Gasteiger partial charge >= 0.3 is 0 Å². The van der Waals surface area contributed by atoms with Crippen molar-refractivity contribution in [3.8, 4) is 5.75 Å². The van der Waals surface area contributed by atoms with Crippen LogP contribution in [0.5, 0.6) is 5.75 Å². The van der Waals surface area contributed by atoms with Gasteiger partial charge in [0.15, 0.2) is 0 Å². The van der Waals surface area contributed by atoms with Gasteiger partial charge in [-0.2, -0.15) is 5.10 Å². The van der Waals surface area contributed by atoms with Gasteiger partial charge in [-0.25, -0.2) is 5.43 Å². The van der Waals surface area contributed by atoms with Crippen molar-refractivity contribution in [2.75, 3.05) is 7.11 Å². The largest absolute Gasteiger partial charge is 0.497 e. The Balaban J connectivity index is 2.13. The Labute approximate surface area is 124 Å². The van der Waals surface area contributed by atoms with Gasteiger partial charge in [0.05, 0.1) is 12.8 Å². The number of hydrazone groups is 1. The standard InChI is InChI=1S/C17H18N2O2/c1-3-16(13-8-5-4-6-9-13)18-19-17(20)14-10-7-11-15(12-14)21-2/h4-12H,3H2,1-2H3,(H,19,20)/b18-16+. The van der Waals surface area contributed by atoms with E-state index in [1.54, 1.807) is 31.4 Å². The maximum atomic E-state index is 12.1. The highest BCUT2D eigenvalue weighted by molar-refractivity contribution is 6.02. The Bertz CT molecular complexity index is 636. The second-order valence-electron chi connectivity index (χ2n) is 4.45. The first-order valence-corrected chi connectivity index (χ1v) is 6.81. The molecule has 2 rings (SSSR count). The fourth-order valence-electron chi connectivity index (χ4n) is 1.93. The SMILES string of the molecule is CC/C(=N\NC(=O)c1cccc(OC)c1)c1ccccc1. The average molecular weight is 282 g/mol. The van der Waals surface area contributed by atoms with Crippen LogP contribution in [0.25, 0.3) is 0 Å². The van der Waals surface area contributed by atoms with Gasteiger partial charge in [-0.05, 0) is 30.2 Å². The normalized spacial score (nSPS) is 11.0. The molecule has 0 aliphatic rings. The minimum atomic E-state index is -0.254. The first-order valence-electron chi connectivity index (χ1n) is 6.81. The number of hydrogen-bond donors (Lipinski definition) is 1. The Morgan fingerprint density at radius 2 is 1.81 bits per heavy atom. The molecule has 0 aliphatic heterocycles. The van der Waals surface area contributed by atoms with E-state index in [-0.39, 0.29) is 5.91 Å². The van der Waals surface area contributed by atoms with Crippen LogP contribution in [0.2, 0.25) is 0 Å². The molecule has 0 atom stereocenters. The molecule has 0 saturated heterocycles. The van der Waals surface area contributed by atoms with E-state index in [4.69, 9.17) is 4.74 Å². The van der Waals surface area contributed by atoms with Gasteiger partial charge in [0.2, 0.25) is 0 Å². The molecule has 21 heavy (non-hydrogen) atoms. The topological polar surface area (TPSA) is 50.7 Å². The van der Waals surface area contributed by atoms with Crippen molar-refractivity contribution < 1.29 is 9.53 Å². The zero-order valence-corrected chi connectivity index (χ0v) is 12.2. The van der Waals surface area contributed by atoms with Crippen LogP contribution in [-0.4, -0.2) is 18.7 Å². The number of amides is 1. The molecule has 0 aromatic heterocycles. The molecular weight excluding hydrogens is 264 g/mol. The molecular formula is C17H18N2O2. The van der Waals surface area contributed by atoms with Gasteiger partial charge in [-0.3, -0.25) is 4.79 Å². The molecule has 1 N–H and O–H groups in total. The van der Waals surface area contributed by atoms with Crippen molar-refractivity contribution in [3.05, 3.63) is 65.7 Å². The average Bonchev–Trinajstić information content (AvgIpc) is 2.56. The van der Waals surface area contributed by atoms with E-state index in [0.717, 1.165) is 17.7 Å². The highest BCUT2D eigenvalue weighted by Crippen LogP contribution is 2.12. The van der Waals surface area contributed by atoms with Crippen molar-refractivity contribution >= 4 is 11.6 Å². The number of hydrogen-bond acceptors (Lipinski definition) is 3. The third-order valence-corrected chi connectivity index (χ3v) is 3.07. The number of carbonyl (C=O) groups is 1. The lowest BCUT2D eigenvalue weighted by atomic mass is 10.1. The number of rotatable bonds is 5. The molecule has 0 radical (unpaired) electrons. The minimum absolute atomic E-state index is 0.254. The van der Waals surface area contributed by atoms with Crippen LogP contribution in [0.3, 0.4) is 0 Å². The minimum Gasteiger partial charge on any atom is -0.497 e. The van der Waals surface area contributed by atoms with E-state index >= 15 is 0 Å². The summed E-state index contributed by atoms with van der Waals surface area (Å²) in [6, 6.07) is 16.8. The van der Waals surface area contributed by atoms with Gasteiger partial charge in [-0.15, -0.1) is 0 Å². The quantitative estimate of drug-likeness (QED) is 0.676. The number of nitrogens with zero attached hydrogens (tertiary/aromatic N) is 1. The van der Waals surface area contributed by atoms with E-state index in [1.165, 1.54) is 0 Å². The maximum Gasteiger partial charge on any atom is 0.271 e. The predicted molar refractivity (Wildman–Crippen MR) is 83.7 cm³/mol. The zero-order valence-electron chi connectivity index (χ0n) is 12.2. The number of methoxy groups -OCH3 is 1. The van der Waals surface area contributed by atoms with Gasteiger partial charge in [0.1, 0.15) is 5.75 Å². The molecule has 0 heterocycles. The number of benzene rings is 2. The summed E-state index contributed by atoms with van der Waals surface area (Å²) in [6.45, 7) is 2.00. The van der Waals surface area contributed by atoms with Gasteiger partial charge in [0.25, 0.3) is 5.91 Å². The van der Waals surface area contributed by atoms with E-state index < -0.39 is 0 Å². The van der Waals surface area contributed by atoms with Crippen molar-refractivity contribution in [1.82, 2.24) is 5.43 Å². The zero-order chi connectivity index (χ0) is 15.1. The lowest BCUT2D eigenvalue weighted by molar-refractivity contribution is 0.0954. The summed E-state index contributed by atoms with van der Waals surface area (Å²) < 4.78 is 5.11. The first kappa shape index (κ1) is 14.8. The van der Waals surface area contributed by atoms with Gasteiger partial charge in [-0.1, -0.05) is 43.3 Å². The Hall–Kier alpha value is -2.62. The van der Waals surface area contributed by atoms with Crippen molar-refractivity contribution in [3.63, 3.8) is 0 Å². The van der Waals surface area contributed by atoms with Gasteiger partial charge < -0.3 is 4.74 Å². The number of nitrogens with one attached hydrogen (secondary N) is 1. The summed E-state index contributed by atoms with van der Waals surface area (Å²) in [5.74, 6) is 0.390. The molecule has 0 saturated carbocycles. The second kappa shape index (κ2) is 7.24. The van der Waals surface area contributed by atoms with Crippen LogP contribution in [0, 0.1) is 0 Å². The van der Waals surface area contributed by atoms with E-state index in [9.17, 15) is 4.79 Å². The molecule has 0 spiro atoms. The smallest absolute Gasteiger partial charge is 0.271 e. The molecule has 0 unspecified atom stereocenters. The third-order valence-electron chi connectivity index (χ3n) is 3.07. The molecule has 2 aromatic rings. The Kier molecular flexibility index (Phi) is 5.10. The Morgan fingerprint density at radius 1 is 1.10 bits per heavy atom. The van der Waals surface area contributed by atoms with Crippen LogP contribution >= 0.6 is 0 Å². The number of ether oxygens (including phenoxy) is 1. The lowest BCUT2D eigenvalue weighted by Crippen LogP contribution is -2.20. The summed E-state index contributed by atoms with van der Waals surface area (Å²) >= 11 is 0. The fraction of sp³-hybridized carbons (Fsp3) is 0.176. The summed E-state index contributed by atoms with van der Waals surface area (Å²) in [7, 11) is 1.57. The highest BCUT2D eigenvalue weighted by atomic mass is 16.5. The van der Waals surface area contributed by atoms with Gasteiger partial charge in [0, 0.05) is 5.56 Å². The van der Waals surface area contributed by atoms with Crippen molar-refractivity contribution in [1.29, 1.82) is 0 Å². The highest BCUT2D eigenvalue weighted by Gasteiger charge is 2.07. The van der Waals surface area contributed by atoms with Crippen LogP contribution < -0.4 is 10.2 Å². The molecule has 0 fully saturated rings.